The maximum Gasteiger partial charge on any atom is 0.253 e. The van der Waals surface area contributed by atoms with Crippen LogP contribution in [0.3, 0.4) is 0 Å². The van der Waals surface area contributed by atoms with Crippen molar-refractivity contribution in [3.63, 3.8) is 0 Å². The third-order valence-corrected chi connectivity index (χ3v) is 4.91. The molecule has 106 valence electrons. The minimum atomic E-state index is 0.00113. The molecule has 2 aliphatic rings. The summed E-state index contributed by atoms with van der Waals surface area (Å²) in [5.74, 6) is 0.0763. The molecule has 2 atom stereocenters. The number of fused-ring (bicyclic) bond motifs is 1. The van der Waals surface area contributed by atoms with Crippen LogP contribution in [-0.2, 0) is 11.2 Å². The molecule has 5 heteroatoms. The van der Waals surface area contributed by atoms with E-state index in [4.69, 9.17) is 0 Å². The maximum atomic E-state index is 12.6. The van der Waals surface area contributed by atoms with Crippen LogP contribution >= 0.6 is 11.8 Å². The fraction of sp³-hybridized carbons (Fsp3) is 0.467. The van der Waals surface area contributed by atoms with Crippen molar-refractivity contribution in [2.75, 3.05) is 18.4 Å². The molecule has 1 N–H and O–H groups in total. The molecule has 3 rings (SSSR count). The number of hydrogen-bond acceptors (Lipinski definition) is 3. The summed E-state index contributed by atoms with van der Waals surface area (Å²) in [6, 6.07) is 5.50. The van der Waals surface area contributed by atoms with Gasteiger partial charge in [0.1, 0.15) is 0 Å². The predicted octanol–water partition coefficient (Wildman–Crippen LogP) is 2.15. The highest BCUT2D eigenvalue weighted by Crippen LogP contribution is 2.28. The fourth-order valence-corrected chi connectivity index (χ4v) is 4.21. The molecule has 0 aliphatic carbocycles. The number of hydrogen-bond donors (Lipinski definition) is 1. The quantitative estimate of drug-likeness (QED) is 0.862. The Morgan fingerprint density at radius 3 is 2.70 bits per heavy atom. The van der Waals surface area contributed by atoms with Crippen LogP contribution < -0.4 is 5.32 Å². The average Bonchev–Trinajstić information content (AvgIpc) is 2.75. The first-order chi connectivity index (χ1) is 9.52. The molecule has 20 heavy (non-hydrogen) atoms. The van der Waals surface area contributed by atoms with Crippen molar-refractivity contribution in [3.05, 3.63) is 29.3 Å². The first kappa shape index (κ1) is 13.5. The second kappa shape index (κ2) is 5.13. The zero-order valence-corrected chi connectivity index (χ0v) is 12.5. The molecule has 0 aromatic heterocycles. The third kappa shape index (κ3) is 2.54. The number of benzene rings is 1. The summed E-state index contributed by atoms with van der Waals surface area (Å²) < 4.78 is 0. The number of amides is 2. The van der Waals surface area contributed by atoms with Crippen molar-refractivity contribution in [2.45, 2.75) is 30.8 Å². The Hall–Kier alpha value is -1.49. The van der Waals surface area contributed by atoms with Crippen LogP contribution in [0, 0.1) is 0 Å². The molecule has 4 nitrogen and oxygen atoms in total. The van der Waals surface area contributed by atoms with Gasteiger partial charge < -0.3 is 10.2 Å². The molecule has 2 heterocycles. The summed E-state index contributed by atoms with van der Waals surface area (Å²) in [6.07, 6.45) is 0.374. The first-order valence-corrected chi connectivity index (χ1v) is 7.84. The van der Waals surface area contributed by atoms with E-state index in [9.17, 15) is 9.59 Å². The van der Waals surface area contributed by atoms with Crippen LogP contribution in [0.15, 0.2) is 18.2 Å². The SMILES string of the molecule is CC1CN(C(=O)c2ccc3c(c2)CC(=O)N3)CC(C)S1. The molecular formula is C15H18N2O2S. The van der Waals surface area contributed by atoms with E-state index < -0.39 is 0 Å². The third-order valence-electron chi connectivity index (χ3n) is 3.68. The number of thioether (sulfide) groups is 1. The predicted molar refractivity (Wildman–Crippen MR) is 81.2 cm³/mol. The Morgan fingerprint density at radius 2 is 2.00 bits per heavy atom. The maximum absolute atomic E-state index is 12.6. The Balaban J connectivity index is 1.81. The average molecular weight is 290 g/mol. The second-order valence-electron chi connectivity index (χ2n) is 5.56. The number of nitrogens with one attached hydrogen (secondary N) is 1. The van der Waals surface area contributed by atoms with Gasteiger partial charge in [-0.05, 0) is 23.8 Å². The van der Waals surface area contributed by atoms with Gasteiger partial charge in [-0.15, -0.1) is 0 Å². The molecule has 0 radical (unpaired) electrons. The highest BCUT2D eigenvalue weighted by molar-refractivity contribution is 8.00. The van der Waals surface area contributed by atoms with Crippen molar-refractivity contribution < 1.29 is 9.59 Å². The largest absolute Gasteiger partial charge is 0.336 e. The summed E-state index contributed by atoms with van der Waals surface area (Å²) in [4.78, 5) is 25.9. The van der Waals surface area contributed by atoms with E-state index >= 15 is 0 Å². The van der Waals surface area contributed by atoms with Gasteiger partial charge in [0.15, 0.2) is 0 Å². The van der Waals surface area contributed by atoms with Crippen LogP contribution in [0.25, 0.3) is 0 Å². The lowest BCUT2D eigenvalue weighted by Gasteiger charge is -2.34. The molecule has 0 spiro atoms. The molecular weight excluding hydrogens is 272 g/mol. The molecule has 2 amide bonds. The molecule has 0 bridgehead atoms. The molecule has 2 aliphatic heterocycles. The second-order valence-corrected chi connectivity index (χ2v) is 7.45. The standard InChI is InChI=1S/C15H18N2O2S/c1-9-7-17(8-10(2)20-9)15(19)11-3-4-13-12(5-11)6-14(18)16-13/h3-5,9-10H,6-8H2,1-2H3,(H,16,18). The molecule has 2 unspecified atom stereocenters. The lowest BCUT2D eigenvalue weighted by atomic mass is 10.1. The molecule has 1 aromatic rings. The van der Waals surface area contributed by atoms with Crippen molar-refractivity contribution in [1.29, 1.82) is 0 Å². The molecule has 1 aromatic carbocycles. The zero-order chi connectivity index (χ0) is 14.3. The zero-order valence-electron chi connectivity index (χ0n) is 11.7. The van der Waals surface area contributed by atoms with E-state index in [2.05, 4.69) is 19.2 Å². The van der Waals surface area contributed by atoms with Gasteiger partial charge in [-0.3, -0.25) is 9.59 Å². The van der Waals surface area contributed by atoms with Crippen LogP contribution in [0.2, 0.25) is 0 Å². The smallest absolute Gasteiger partial charge is 0.253 e. The van der Waals surface area contributed by atoms with E-state index in [0.29, 0.717) is 22.5 Å². The molecule has 1 fully saturated rings. The van der Waals surface area contributed by atoms with E-state index in [1.54, 1.807) is 0 Å². The van der Waals surface area contributed by atoms with Crippen molar-refractivity contribution in [1.82, 2.24) is 4.90 Å². The number of anilines is 1. The summed E-state index contributed by atoms with van der Waals surface area (Å²) >= 11 is 1.93. The van der Waals surface area contributed by atoms with Gasteiger partial charge >= 0.3 is 0 Å². The van der Waals surface area contributed by atoms with Gasteiger partial charge in [-0.1, -0.05) is 13.8 Å². The van der Waals surface area contributed by atoms with Crippen LogP contribution in [0.1, 0.15) is 29.8 Å². The Morgan fingerprint density at radius 1 is 1.30 bits per heavy atom. The lowest BCUT2D eigenvalue weighted by molar-refractivity contribution is -0.115. The summed E-state index contributed by atoms with van der Waals surface area (Å²) in [5.41, 5.74) is 2.45. The highest BCUT2D eigenvalue weighted by Gasteiger charge is 2.27. The van der Waals surface area contributed by atoms with Crippen molar-refractivity contribution in [3.8, 4) is 0 Å². The Labute approximate surface area is 122 Å². The Kier molecular flexibility index (Phi) is 3.46. The fourth-order valence-electron chi connectivity index (χ4n) is 2.89. The number of carbonyl (C=O) groups is 2. The van der Waals surface area contributed by atoms with Gasteiger partial charge in [0, 0.05) is 34.8 Å². The van der Waals surface area contributed by atoms with E-state index in [1.165, 1.54) is 0 Å². The first-order valence-electron chi connectivity index (χ1n) is 6.90. The molecule has 1 saturated heterocycles. The van der Waals surface area contributed by atoms with Crippen LogP contribution in [0.5, 0.6) is 0 Å². The van der Waals surface area contributed by atoms with Gasteiger partial charge in [0.05, 0.1) is 6.42 Å². The minimum absolute atomic E-state index is 0.00113. The van der Waals surface area contributed by atoms with E-state index in [-0.39, 0.29) is 11.8 Å². The van der Waals surface area contributed by atoms with Crippen molar-refractivity contribution >= 4 is 29.3 Å². The van der Waals surface area contributed by atoms with Gasteiger partial charge in [0.25, 0.3) is 5.91 Å². The number of carbonyl (C=O) groups excluding carboxylic acids is 2. The topological polar surface area (TPSA) is 49.4 Å². The van der Waals surface area contributed by atoms with E-state index in [0.717, 1.165) is 24.3 Å². The molecule has 0 saturated carbocycles. The van der Waals surface area contributed by atoms with Crippen LogP contribution in [-0.4, -0.2) is 40.3 Å². The van der Waals surface area contributed by atoms with Crippen LogP contribution in [0.4, 0.5) is 5.69 Å². The summed E-state index contributed by atoms with van der Waals surface area (Å²) in [5, 5.41) is 3.74. The number of rotatable bonds is 1. The summed E-state index contributed by atoms with van der Waals surface area (Å²) in [6.45, 7) is 5.90. The lowest BCUT2D eigenvalue weighted by Crippen LogP contribution is -2.44. The van der Waals surface area contributed by atoms with Gasteiger partial charge in [-0.25, -0.2) is 0 Å². The summed E-state index contributed by atoms with van der Waals surface area (Å²) in [7, 11) is 0. The monoisotopic (exact) mass is 290 g/mol. The minimum Gasteiger partial charge on any atom is -0.336 e. The normalized spacial score (nSPS) is 25.3. The van der Waals surface area contributed by atoms with Gasteiger partial charge in [-0.2, -0.15) is 11.8 Å². The van der Waals surface area contributed by atoms with Gasteiger partial charge in [0.2, 0.25) is 5.91 Å². The van der Waals surface area contributed by atoms with E-state index in [1.807, 2.05) is 34.9 Å². The Bertz CT molecular complexity index is 563. The highest BCUT2D eigenvalue weighted by atomic mass is 32.2. The number of nitrogens with zero attached hydrogens (tertiary/aromatic N) is 1. The van der Waals surface area contributed by atoms with Crippen molar-refractivity contribution in [2.24, 2.45) is 0 Å².